The molecule has 0 unspecified atom stereocenters. The van der Waals surface area contributed by atoms with Gasteiger partial charge in [0.2, 0.25) is 0 Å². The first-order valence-corrected chi connectivity index (χ1v) is 10.9. The van der Waals surface area contributed by atoms with Gasteiger partial charge in [0.25, 0.3) is 11.6 Å². The van der Waals surface area contributed by atoms with Crippen molar-refractivity contribution in [3.05, 3.63) is 59.5 Å². The van der Waals surface area contributed by atoms with Crippen molar-refractivity contribution in [1.29, 1.82) is 0 Å². The number of nitro groups is 1. The summed E-state index contributed by atoms with van der Waals surface area (Å²) in [4.78, 5) is 26.7. The van der Waals surface area contributed by atoms with Crippen molar-refractivity contribution < 1.29 is 14.5 Å². The topological polar surface area (TPSA) is 75.9 Å². The lowest BCUT2D eigenvalue weighted by atomic mass is 10.1. The highest BCUT2D eigenvalue weighted by molar-refractivity contribution is 6.42. The van der Waals surface area contributed by atoms with E-state index in [-0.39, 0.29) is 34.0 Å². The molecule has 0 atom stereocenters. The largest absolute Gasteiger partial charge is 0.481 e. The number of nitrogens with zero attached hydrogens (tertiary/aromatic N) is 3. The Morgan fingerprint density at radius 2 is 1.61 bits per heavy atom. The highest BCUT2D eigenvalue weighted by Crippen LogP contribution is 2.42. The number of piperazine rings is 1. The number of carbonyl (C=O) groups is 1. The molecule has 0 aromatic heterocycles. The molecule has 0 saturated carbocycles. The standard InChI is InChI=1S/C20H19Cl4N3O4/c1-11-17(22)12(2)19(24)20(18(11)23)31-10-16(28)26-7-5-25(6-8-26)15-4-3-13(27(29)30)9-14(15)21/h3-4,9H,5-8,10H2,1-2H3. The Morgan fingerprint density at radius 1 is 1.03 bits per heavy atom. The maximum absolute atomic E-state index is 12.6. The third-order valence-electron chi connectivity index (χ3n) is 5.17. The number of nitro benzene ring substituents is 1. The Morgan fingerprint density at radius 3 is 2.13 bits per heavy atom. The number of benzene rings is 2. The second kappa shape index (κ2) is 9.69. The molecule has 1 saturated heterocycles. The van der Waals surface area contributed by atoms with E-state index in [0.717, 1.165) is 0 Å². The first-order valence-electron chi connectivity index (χ1n) is 9.35. The number of ether oxygens (including phenoxy) is 1. The number of hydrogen-bond donors (Lipinski definition) is 0. The average Bonchev–Trinajstić information content (AvgIpc) is 2.76. The van der Waals surface area contributed by atoms with E-state index in [2.05, 4.69) is 0 Å². The van der Waals surface area contributed by atoms with Gasteiger partial charge in [-0.15, -0.1) is 0 Å². The molecule has 11 heteroatoms. The molecule has 7 nitrogen and oxygen atoms in total. The lowest BCUT2D eigenvalue weighted by Crippen LogP contribution is -2.50. The number of carbonyl (C=O) groups excluding carboxylic acids is 1. The van der Waals surface area contributed by atoms with Crippen LogP contribution in [0.3, 0.4) is 0 Å². The summed E-state index contributed by atoms with van der Waals surface area (Å²) in [7, 11) is 0. The number of non-ortho nitro benzene ring substituents is 1. The maximum atomic E-state index is 12.6. The fraction of sp³-hybridized carbons (Fsp3) is 0.350. The molecule has 0 N–H and O–H groups in total. The number of amides is 1. The minimum Gasteiger partial charge on any atom is -0.481 e. The molecule has 0 spiro atoms. The molecule has 1 fully saturated rings. The van der Waals surface area contributed by atoms with E-state index >= 15 is 0 Å². The van der Waals surface area contributed by atoms with Crippen molar-refractivity contribution in [2.24, 2.45) is 0 Å². The number of anilines is 1. The van der Waals surface area contributed by atoms with Gasteiger partial charge in [-0.1, -0.05) is 46.4 Å². The molecule has 2 aromatic rings. The van der Waals surface area contributed by atoms with Crippen molar-refractivity contribution >= 4 is 63.7 Å². The molecule has 0 radical (unpaired) electrons. The Balaban J connectivity index is 1.61. The van der Waals surface area contributed by atoms with Crippen LogP contribution in [0.2, 0.25) is 20.1 Å². The van der Waals surface area contributed by atoms with Crippen LogP contribution in [0.25, 0.3) is 0 Å². The second-order valence-electron chi connectivity index (χ2n) is 7.07. The van der Waals surface area contributed by atoms with Crippen LogP contribution in [-0.4, -0.2) is 48.5 Å². The summed E-state index contributed by atoms with van der Waals surface area (Å²) in [6.07, 6.45) is 0. The van der Waals surface area contributed by atoms with E-state index in [1.165, 1.54) is 12.1 Å². The van der Waals surface area contributed by atoms with Gasteiger partial charge in [-0.05, 0) is 31.0 Å². The molecule has 1 aliphatic rings. The van der Waals surface area contributed by atoms with Gasteiger partial charge in [-0.25, -0.2) is 0 Å². The van der Waals surface area contributed by atoms with Gasteiger partial charge < -0.3 is 14.5 Å². The SMILES string of the molecule is Cc1c(Cl)c(C)c(Cl)c(OCC(=O)N2CCN(c3ccc([N+](=O)[O-])cc3Cl)CC2)c1Cl. The highest BCUT2D eigenvalue weighted by Gasteiger charge is 2.25. The van der Waals surface area contributed by atoms with Crippen molar-refractivity contribution in [2.45, 2.75) is 13.8 Å². The van der Waals surface area contributed by atoms with Crippen molar-refractivity contribution in [3.8, 4) is 5.75 Å². The van der Waals surface area contributed by atoms with Crippen LogP contribution in [0, 0.1) is 24.0 Å². The third-order valence-corrected chi connectivity index (χ3v) is 6.95. The zero-order valence-electron chi connectivity index (χ0n) is 16.8. The molecule has 1 heterocycles. The van der Waals surface area contributed by atoms with Gasteiger partial charge in [-0.3, -0.25) is 14.9 Å². The van der Waals surface area contributed by atoms with Crippen LogP contribution >= 0.6 is 46.4 Å². The molecule has 31 heavy (non-hydrogen) atoms. The predicted octanol–water partition coefficient (Wildman–Crippen LogP) is 5.55. The van der Waals surface area contributed by atoms with Crippen molar-refractivity contribution in [2.75, 3.05) is 37.7 Å². The van der Waals surface area contributed by atoms with Gasteiger partial charge >= 0.3 is 0 Å². The summed E-state index contributed by atoms with van der Waals surface area (Å²) in [5, 5.41) is 12.2. The Bertz CT molecular complexity index is 1010. The zero-order valence-corrected chi connectivity index (χ0v) is 19.8. The van der Waals surface area contributed by atoms with Crippen LogP contribution in [0.5, 0.6) is 5.75 Å². The van der Waals surface area contributed by atoms with Gasteiger partial charge in [0.1, 0.15) is 0 Å². The summed E-state index contributed by atoms with van der Waals surface area (Å²) in [6, 6.07) is 4.36. The minimum absolute atomic E-state index is 0.0651. The van der Waals surface area contributed by atoms with Crippen molar-refractivity contribution in [3.63, 3.8) is 0 Å². The Labute approximate surface area is 199 Å². The summed E-state index contributed by atoms with van der Waals surface area (Å²) >= 11 is 25.0. The van der Waals surface area contributed by atoms with Gasteiger partial charge in [0.15, 0.2) is 12.4 Å². The van der Waals surface area contributed by atoms with E-state index in [1.54, 1.807) is 24.8 Å². The predicted molar refractivity (Wildman–Crippen MR) is 123 cm³/mol. The molecular formula is C20H19Cl4N3O4. The first kappa shape index (κ1) is 23.7. The monoisotopic (exact) mass is 505 g/mol. The Hall–Kier alpha value is -1.93. The third kappa shape index (κ3) is 4.95. The van der Waals surface area contributed by atoms with E-state index in [1.807, 2.05) is 4.90 Å². The fourth-order valence-electron chi connectivity index (χ4n) is 3.33. The summed E-state index contributed by atoms with van der Waals surface area (Å²) in [5.41, 5.74) is 1.91. The second-order valence-corrected chi connectivity index (χ2v) is 8.61. The van der Waals surface area contributed by atoms with E-state index in [9.17, 15) is 14.9 Å². The zero-order chi connectivity index (χ0) is 22.9. The normalized spacial score (nSPS) is 14.0. The lowest BCUT2D eigenvalue weighted by molar-refractivity contribution is -0.384. The van der Waals surface area contributed by atoms with E-state index in [0.29, 0.717) is 53.0 Å². The summed E-state index contributed by atoms with van der Waals surface area (Å²) in [6.45, 7) is 5.27. The molecular weight excluding hydrogens is 488 g/mol. The van der Waals surface area contributed by atoms with Gasteiger partial charge in [-0.2, -0.15) is 0 Å². The first-order chi connectivity index (χ1) is 14.6. The number of hydrogen-bond acceptors (Lipinski definition) is 5. The highest BCUT2D eigenvalue weighted by atomic mass is 35.5. The van der Waals surface area contributed by atoms with E-state index in [4.69, 9.17) is 51.1 Å². The van der Waals surface area contributed by atoms with Crippen LogP contribution in [-0.2, 0) is 4.79 Å². The molecule has 166 valence electrons. The molecule has 2 aromatic carbocycles. The molecule has 0 aliphatic carbocycles. The molecule has 1 amide bonds. The molecule has 3 rings (SSSR count). The number of halogens is 4. The summed E-state index contributed by atoms with van der Waals surface area (Å²) in [5.74, 6) is 0.0409. The van der Waals surface area contributed by atoms with Crippen LogP contribution in [0.15, 0.2) is 18.2 Å². The van der Waals surface area contributed by atoms with Gasteiger partial charge in [0.05, 0.1) is 25.7 Å². The fourth-order valence-corrected chi connectivity index (χ4v) is 4.44. The average molecular weight is 507 g/mol. The Kier molecular flexibility index (Phi) is 7.42. The van der Waals surface area contributed by atoms with Gasteiger partial charge in [0, 0.05) is 43.3 Å². The molecule has 0 bridgehead atoms. The van der Waals surface area contributed by atoms with E-state index < -0.39 is 4.92 Å². The maximum Gasteiger partial charge on any atom is 0.271 e. The minimum atomic E-state index is -0.492. The molecule has 1 aliphatic heterocycles. The smallest absolute Gasteiger partial charge is 0.271 e. The lowest BCUT2D eigenvalue weighted by Gasteiger charge is -2.36. The van der Waals surface area contributed by atoms with Crippen molar-refractivity contribution in [1.82, 2.24) is 4.90 Å². The quantitative estimate of drug-likeness (QED) is 0.392. The van der Waals surface area contributed by atoms with Crippen LogP contribution in [0.1, 0.15) is 11.1 Å². The summed E-state index contributed by atoms with van der Waals surface area (Å²) < 4.78 is 5.65. The van der Waals surface area contributed by atoms with Crippen LogP contribution in [0.4, 0.5) is 11.4 Å². The van der Waals surface area contributed by atoms with Crippen LogP contribution < -0.4 is 9.64 Å². The number of rotatable bonds is 5.